The van der Waals surface area contributed by atoms with Crippen LogP contribution in [0.15, 0.2) is 0 Å². The molecule has 0 amide bonds. The van der Waals surface area contributed by atoms with Crippen LogP contribution in [0.2, 0.25) is 0 Å². The van der Waals surface area contributed by atoms with Gasteiger partial charge >= 0.3 is 11.5 Å². The lowest BCUT2D eigenvalue weighted by Crippen LogP contribution is -2.19. The van der Waals surface area contributed by atoms with Gasteiger partial charge < -0.3 is 5.11 Å². The summed E-state index contributed by atoms with van der Waals surface area (Å²) in [4.78, 5) is 10.2. The maximum Gasteiger partial charge on any atom is 0.441 e. The van der Waals surface area contributed by atoms with Crippen LogP contribution in [0.25, 0.3) is 0 Å². The van der Waals surface area contributed by atoms with Crippen molar-refractivity contribution in [3.8, 4) is 0 Å². The van der Waals surface area contributed by atoms with Crippen molar-refractivity contribution in [1.29, 1.82) is 0 Å². The average molecular weight is 264 g/mol. The Morgan fingerprint density at radius 2 is 2.07 bits per heavy atom. The summed E-state index contributed by atoms with van der Waals surface area (Å²) < 4.78 is 46.3. The highest BCUT2D eigenvalue weighted by Gasteiger charge is 2.28. The third kappa shape index (κ3) is 8.73. The van der Waals surface area contributed by atoms with E-state index < -0.39 is 27.5 Å². The number of carbonyl (C=O) groups is 1. The highest BCUT2D eigenvalue weighted by atomic mass is 32.2. The SMILES string of the molecule is CC(CC(=O)O)S(=O)CCSC(F)(F)F. The zero-order valence-electron chi connectivity index (χ0n) is 7.91. The first-order valence-electron chi connectivity index (χ1n) is 4.02. The first kappa shape index (κ1) is 14.8. The largest absolute Gasteiger partial charge is 0.481 e. The Morgan fingerprint density at radius 3 is 2.47 bits per heavy atom. The van der Waals surface area contributed by atoms with Crippen LogP contribution in [0.3, 0.4) is 0 Å². The summed E-state index contributed by atoms with van der Waals surface area (Å²) in [6.45, 7) is 1.45. The standard InChI is InChI=1S/C7H11F3O3S2/c1-5(4-6(11)12)15(13)3-2-14-7(8,9)10/h5H,2-4H2,1H3,(H,11,12). The molecule has 0 rings (SSSR count). The molecule has 0 aromatic heterocycles. The maximum atomic E-state index is 11.7. The van der Waals surface area contributed by atoms with E-state index in [0.29, 0.717) is 0 Å². The highest BCUT2D eigenvalue weighted by molar-refractivity contribution is 8.01. The number of alkyl halides is 3. The normalized spacial score (nSPS) is 16.0. The van der Waals surface area contributed by atoms with Gasteiger partial charge in [0.2, 0.25) is 0 Å². The van der Waals surface area contributed by atoms with Gasteiger partial charge in [-0.05, 0) is 0 Å². The molecular formula is C7H11F3O3S2. The van der Waals surface area contributed by atoms with Gasteiger partial charge in [-0.25, -0.2) is 0 Å². The van der Waals surface area contributed by atoms with Gasteiger partial charge in [0, 0.05) is 27.6 Å². The second kappa shape index (κ2) is 6.37. The van der Waals surface area contributed by atoms with E-state index in [0.717, 1.165) is 0 Å². The number of aliphatic carboxylic acids is 1. The zero-order chi connectivity index (χ0) is 12.1. The van der Waals surface area contributed by atoms with Crippen molar-refractivity contribution in [2.75, 3.05) is 11.5 Å². The van der Waals surface area contributed by atoms with E-state index in [9.17, 15) is 22.2 Å². The minimum atomic E-state index is -4.32. The molecule has 0 aromatic rings. The molecule has 0 spiro atoms. The van der Waals surface area contributed by atoms with Crippen molar-refractivity contribution in [3.05, 3.63) is 0 Å². The summed E-state index contributed by atoms with van der Waals surface area (Å²) in [6, 6.07) is 0. The van der Waals surface area contributed by atoms with Crippen LogP contribution in [-0.2, 0) is 15.6 Å². The van der Waals surface area contributed by atoms with Crippen LogP contribution >= 0.6 is 11.8 Å². The van der Waals surface area contributed by atoms with E-state index in [1.807, 2.05) is 0 Å². The first-order chi connectivity index (χ1) is 6.72. The number of thioether (sulfide) groups is 1. The molecule has 2 unspecified atom stereocenters. The minimum absolute atomic E-state index is 0.140. The van der Waals surface area contributed by atoms with Gasteiger partial charge in [-0.3, -0.25) is 9.00 Å². The molecule has 2 atom stereocenters. The molecule has 0 heterocycles. The Morgan fingerprint density at radius 1 is 1.53 bits per heavy atom. The molecule has 0 aliphatic rings. The summed E-state index contributed by atoms with van der Waals surface area (Å²) in [6.07, 6.45) is -0.288. The van der Waals surface area contributed by atoms with Crippen LogP contribution in [0.4, 0.5) is 13.2 Å². The molecule has 0 saturated heterocycles. The van der Waals surface area contributed by atoms with E-state index in [2.05, 4.69) is 0 Å². The molecule has 8 heteroatoms. The van der Waals surface area contributed by atoms with Crippen molar-refractivity contribution in [2.45, 2.75) is 24.1 Å². The fourth-order valence-corrected chi connectivity index (χ4v) is 2.73. The van der Waals surface area contributed by atoms with Crippen LogP contribution in [0.1, 0.15) is 13.3 Å². The molecule has 0 aliphatic carbocycles. The first-order valence-corrected chi connectivity index (χ1v) is 6.39. The Kier molecular flexibility index (Phi) is 6.26. The summed E-state index contributed by atoms with van der Waals surface area (Å²) in [5, 5.41) is 7.75. The second-order valence-corrected chi connectivity index (χ2v) is 5.92. The minimum Gasteiger partial charge on any atom is -0.481 e. The molecule has 0 fully saturated rings. The summed E-state index contributed by atoms with van der Waals surface area (Å²) in [5.74, 6) is -1.54. The molecule has 0 aliphatic heterocycles. The molecule has 15 heavy (non-hydrogen) atoms. The predicted molar refractivity (Wildman–Crippen MR) is 53.2 cm³/mol. The smallest absolute Gasteiger partial charge is 0.441 e. The third-order valence-corrected chi connectivity index (χ3v) is 4.13. The van der Waals surface area contributed by atoms with Crippen molar-refractivity contribution < 1.29 is 27.3 Å². The van der Waals surface area contributed by atoms with Crippen molar-refractivity contribution in [2.24, 2.45) is 0 Å². The van der Waals surface area contributed by atoms with Crippen LogP contribution in [0.5, 0.6) is 0 Å². The van der Waals surface area contributed by atoms with Crippen LogP contribution < -0.4 is 0 Å². The van der Waals surface area contributed by atoms with Gasteiger partial charge in [0.15, 0.2) is 0 Å². The topological polar surface area (TPSA) is 54.4 Å². The lowest BCUT2D eigenvalue weighted by atomic mass is 10.3. The quantitative estimate of drug-likeness (QED) is 0.795. The molecule has 3 nitrogen and oxygen atoms in total. The molecule has 1 N–H and O–H groups in total. The zero-order valence-corrected chi connectivity index (χ0v) is 9.55. The lowest BCUT2D eigenvalue weighted by Gasteiger charge is -2.09. The lowest BCUT2D eigenvalue weighted by molar-refractivity contribution is -0.136. The van der Waals surface area contributed by atoms with E-state index in [-0.39, 0.29) is 29.7 Å². The fourth-order valence-electron chi connectivity index (χ4n) is 0.780. The number of halogens is 3. The number of carboxylic acids is 1. The van der Waals surface area contributed by atoms with Gasteiger partial charge in [-0.2, -0.15) is 13.2 Å². The second-order valence-electron chi connectivity index (χ2n) is 2.79. The Labute approximate surface area is 91.9 Å². The molecule has 0 radical (unpaired) electrons. The van der Waals surface area contributed by atoms with Gasteiger partial charge in [0.05, 0.1) is 6.42 Å². The van der Waals surface area contributed by atoms with Gasteiger partial charge in [-0.1, -0.05) is 18.7 Å². The third-order valence-electron chi connectivity index (χ3n) is 1.46. The predicted octanol–water partition coefficient (Wildman–Crippen LogP) is 1.85. The highest BCUT2D eigenvalue weighted by Crippen LogP contribution is 2.29. The fraction of sp³-hybridized carbons (Fsp3) is 0.857. The number of carboxylic acid groups (broad SMARTS) is 1. The van der Waals surface area contributed by atoms with E-state index in [1.165, 1.54) is 6.92 Å². The van der Waals surface area contributed by atoms with Crippen molar-refractivity contribution >= 4 is 28.5 Å². The molecular weight excluding hydrogens is 253 g/mol. The Balaban J connectivity index is 3.79. The summed E-state index contributed by atoms with van der Waals surface area (Å²) in [7, 11) is -1.52. The van der Waals surface area contributed by atoms with Gasteiger partial charge in [0.25, 0.3) is 0 Å². The summed E-state index contributed by atoms with van der Waals surface area (Å²) >= 11 is -0.242. The average Bonchev–Trinajstić information content (AvgIpc) is 2.00. The van der Waals surface area contributed by atoms with Crippen molar-refractivity contribution in [3.63, 3.8) is 0 Å². The van der Waals surface area contributed by atoms with Crippen molar-refractivity contribution in [1.82, 2.24) is 0 Å². The molecule has 90 valence electrons. The van der Waals surface area contributed by atoms with E-state index in [1.54, 1.807) is 0 Å². The monoisotopic (exact) mass is 264 g/mol. The van der Waals surface area contributed by atoms with E-state index in [4.69, 9.17) is 5.11 Å². The van der Waals surface area contributed by atoms with E-state index >= 15 is 0 Å². The number of hydrogen-bond donors (Lipinski definition) is 1. The number of rotatable bonds is 6. The number of hydrogen-bond acceptors (Lipinski definition) is 3. The molecule has 0 saturated carbocycles. The maximum absolute atomic E-state index is 11.7. The Bertz CT molecular complexity index is 242. The van der Waals surface area contributed by atoms with Crippen LogP contribution in [-0.4, -0.2) is 37.5 Å². The molecule has 0 bridgehead atoms. The van der Waals surface area contributed by atoms with Gasteiger partial charge in [0.1, 0.15) is 0 Å². The summed E-state index contributed by atoms with van der Waals surface area (Å²) in [5.41, 5.74) is -4.32. The Hall–Kier alpha value is -0.240. The molecule has 0 aromatic carbocycles. The van der Waals surface area contributed by atoms with Crippen LogP contribution in [0, 0.1) is 0 Å². The van der Waals surface area contributed by atoms with Gasteiger partial charge in [-0.15, -0.1) is 0 Å².